The van der Waals surface area contributed by atoms with Gasteiger partial charge in [-0.3, -0.25) is 25.8 Å². The number of nitrogens with zero attached hydrogens (tertiary/aromatic N) is 2. The molecule has 2 N–H and O–H groups in total. The van der Waals surface area contributed by atoms with E-state index in [1.165, 1.54) is 12.1 Å². The number of para-hydroxylation sites is 2. The van der Waals surface area contributed by atoms with E-state index in [0.29, 0.717) is 11.7 Å². The Kier molecular flexibility index (Phi) is 3.27. The molecule has 1 amide bonds. The minimum Gasteiger partial charge on any atom is -0.360 e. The van der Waals surface area contributed by atoms with Crippen LogP contribution in [0.2, 0.25) is 0 Å². The minimum absolute atomic E-state index is 0.128. The summed E-state index contributed by atoms with van der Waals surface area (Å²) in [6, 6.07) is 7.61. The summed E-state index contributed by atoms with van der Waals surface area (Å²) in [5.74, 6) is 0.553. The van der Waals surface area contributed by atoms with Crippen LogP contribution in [0.25, 0.3) is 0 Å². The number of rotatable bonds is 5. The van der Waals surface area contributed by atoms with E-state index < -0.39 is 10.8 Å². The predicted molar refractivity (Wildman–Crippen MR) is 72.7 cm³/mol. The van der Waals surface area contributed by atoms with Crippen molar-refractivity contribution in [1.29, 1.82) is 0 Å². The quantitative estimate of drug-likeness (QED) is 0.644. The van der Waals surface area contributed by atoms with Crippen molar-refractivity contribution in [3.63, 3.8) is 0 Å². The zero-order valence-corrected chi connectivity index (χ0v) is 10.9. The highest BCUT2D eigenvalue weighted by molar-refractivity contribution is 5.93. The number of anilines is 1. The van der Waals surface area contributed by atoms with Crippen LogP contribution in [0.4, 0.5) is 11.4 Å². The number of benzene rings is 1. The molecule has 8 nitrogen and oxygen atoms in total. The molecule has 8 heteroatoms. The van der Waals surface area contributed by atoms with E-state index in [1.807, 2.05) is 0 Å². The molecule has 1 heterocycles. The molecular weight excluding hydrogens is 276 g/mol. The molecule has 0 spiro atoms. The molecule has 0 bridgehead atoms. The van der Waals surface area contributed by atoms with Gasteiger partial charge in [-0.15, -0.1) is 0 Å². The fourth-order valence-corrected chi connectivity index (χ4v) is 1.88. The number of hydrazine groups is 1. The highest BCUT2D eigenvalue weighted by Gasteiger charge is 2.28. The van der Waals surface area contributed by atoms with E-state index in [-0.39, 0.29) is 17.1 Å². The number of amides is 1. The Bertz CT molecular complexity index is 693. The summed E-state index contributed by atoms with van der Waals surface area (Å²) in [6.07, 6.45) is 2.09. The Morgan fingerprint density at radius 1 is 1.38 bits per heavy atom. The Balaban J connectivity index is 1.66. The number of hydrogen-bond donors (Lipinski definition) is 2. The topological polar surface area (TPSA) is 110 Å². The molecular formula is C13H12N4O4. The average Bonchev–Trinajstić information content (AvgIpc) is 3.22. The highest BCUT2D eigenvalue weighted by atomic mass is 16.6. The van der Waals surface area contributed by atoms with Crippen LogP contribution in [0.5, 0.6) is 0 Å². The second-order valence-corrected chi connectivity index (χ2v) is 4.74. The molecule has 3 rings (SSSR count). The van der Waals surface area contributed by atoms with Gasteiger partial charge in [-0.1, -0.05) is 17.3 Å². The number of hydrogen-bond acceptors (Lipinski definition) is 6. The van der Waals surface area contributed by atoms with Gasteiger partial charge in [0.2, 0.25) is 0 Å². The molecule has 0 saturated heterocycles. The smallest absolute Gasteiger partial charge is 0.294 e. The molecule has 0 radical (unpaired) electrons. The first kappa shape index (κ1) is 13.1. The largest absolute Gasteiger partial charge is 0.360 e. The van der Waals surface area contributed by atoms with Crippen LogP contribution in [-0.4, -0.2) is 16.0 Å². The molecule has 0 unspecified atom stereocenters. The van der Waals surface area contributed by atoms with Gasteiger partial charge < -0.3 is 4.52 Å². The van der Waals surface area contributed by atoms with Crippen molar-refractivity contribution < 1.29 is 14.2 Å². The van der Waals surface area contributed by atoms with Gasteiger partial charge in [0, 0.05) is 18.1 Å². The number of nitro benzene ring substituents is 1. The molecule has 1 aromatic heterocycles. The van der Waals surface area contributed by atoms with Crippen LogP contribution in [0.15, 0.2) is 34.9 Å². The maximum absolute atomic E-state index is 11.9. The second kappa shape index (κ2) is 5.23. The summed E-state index contributed by atoms with van der Waals surface area (Å²) in [4.78, 5) is 22.2. The van der Waals surface area contributed by atoms with Gasteiger partial charge >= 0.3 is 0 Å². The van der Waals surface area contributed by atoms with Crippen molar-refractivity contribution >= 4 is 17.3 Å². The van der Waals surface area contributed by atoms with Gasteiger partial charge in [0.1, 0.15) is 11.4 Å². The molecule has 1 fully saturated rings. The molecule has 1 aliphatic rings. The monoisotopic (exact) mass is 288 g/mol. The van der Waals surface area contributed by atoms with Crippen LogP contribution in [-0.2, 0) is 0 Å². The molecule has 1 aromatic carbocycles. The fraction of sp³-hybridized carbons (Fsp3) is 0.231. The van der Waals surface area contributed by atoms with Gasteiger partial charge in [0.05, 0.1) is 4.92 Å². The molecule has 0 aliphatic heterocycles. The summed E-state index contributed by atoms with van der Waals surface area (Å²) < 4.78 is 5.08. The fourth-order valence-electron chi connectivity index (χ4n) is 1.88. The van der Waals surface area contributed by atoms with Gasteiger partial charge in [0.15, 0.2) is 5.69 Å². The number of carbonyl (C=O) groups excluding carboxylic acids is 1. The molecule has 0 atom stereocenters. The summed E-state index contributed by atoms with van der Waals surface area (Å²) >= 11 is 0. The lowest BCUT2D eigenvalue weighted by molar-refractivity contribution is -0.384. The maximum Gasteiger partial charge on any atom is 0.294 e. The van der Waals surface area contributed by atoms with Crippen molar-refractivity contribution in [3.8, 4) is 0 Å². The van der Waals surface area contributed by atoms with E-state index in [0.717, 1.165) is 12.8 Å². The Morgan fingerprint density at radius 2 is 2.14 bits per heavy atom. The summed E-state index contributed by atoms with van der Waals surface area (Å²) in [7, 11) is 0. The van der Waals surface area contributed by atoms with Crippen LogP contribution >= 0.6 is 0 Å². The van der Waals surface area contributed by atoms with Crippen molar-refractivity contribution in [1.82, 2.24) is 10.6 Å². The van der Waals surface area contributed by atoms with E-state index in [1.54, 1.807) is 18.2 Å². The Hall–Kier alpha value is -2.90. The van der Waals surface area contributed by atoms with E-state index in [4.69, 9.17) is 4.52 Å². The van der Waals surface area contributed by atoms with Gasteiger partial charge in [-0.25, -0.2) is 0 Å². The summed E-state index contributed by atoms with van der Waals surface area (Å²) in [5.41, 5.74) is 5.10. The molecule has 21 heavy (non-hydrogen) atoms. The lowest BCUT2D eigenvalue weighted by Gasteiger charge is -2.06. The number of carbonyl (C=O) groups is 1. The molecule has 1 saturated carbocycles. The summed E-state index contributed by atoms with van der Waals surface area (Å²) in [5, 5.41) is 14.5. The third kappa shape index (κ3) is 2.83. The minimum atomic E-state index is -0.532. The van der Waals surface area contributed by atoms with Crippen molar-refractivity contribution in [3.05, 3.63) is 51.9 Å². The molecule has 1 aliphatic carbocycles. The van der Waals surface area contributed by atoms with E-state index in [9.17, 15) is 14.9 Å². The lowest BCUT2D eigenvalue weighted by atomic mass is 10.3. The van der Waals surface area contributed by atoms with Crippen molar-refractivity contribution in [2.75, 3.05) is 5.43 Å². The Morgan fingerprint density at radius 3 is 2.86 bits per heavy atom. The maximum atomic E-state index is 11.9. The van der Waals surface area contributed by atoms with Gasteiger partial charge in [-0.2, -0.15) is 0 Å². The predicted octanol–water partition coefficient (Wildman–Crippen LogP) is 2.22. The number of nitrogens with one attached hydrogen (secondary N) is 2. The van der Waals surface area contributed by atoms with Crippen molar-refractivity contribution in [2.45, 2.75) is 18.8 Å². The number of nitro groups is 1. The first-order valence-electron chi connectivity index (χ1n) is 6.41. The van der Waals surface area contributed by atoms with Crippen LogP contribution in [0.1, 0.15) is 35.0 Å². The standard InChI is InChI=1S/C13H12N4O4/c18-13(10-7-12(21-16-10)8-5-6-8)15-14-9-3-1-2-4-11(9)17(19)20/h1-4,7-8,14H,5-6H2,(H,15,18). The van der Waals surface area contributed by atoms with Crippen molar-refractivity contribution in [2.24, 2.45) is 0 Å². The number of aromatic nitrogens is 1. The average molecular weight is 288 g/mol. The van der Waals surface area contributed by atoms with E-state index in [2.05, 4.69) is 16.0 Å². The van der Waals surface area contributed by atoms with E-state index >= 15 is 0 Å². The normalized spacial score (nSPS) is 13.7. The third-order valence-corrected chi connectivity index (χ3v) is 3.15. The van der Waals surface area contributed by atoms with Crippen LogP contribution < -0.4 is 10.9 Å². The van der Waals surface area contributed by atoms with Gasteiger partial charge in [-0.05, 0) is 18.9 Å². The van der Waals surface area contributed by atoms with Crippen LogP contribution in [0.3, 0.4) is 0 Å². The lowest BCUT2D eigenvalue weighted by Crippen LogP contribution is -2.29. The van der Waals surface area contributed by atoms with Crippen LogP contribution in [0, 0.1) is 10.1 Å². The third-order valence-electron chi connectivity index (χ3n) is 3.15. The first-order valence-corrected chi connectivity index (χ1v) is 6.41. The highest BCUT2D eigenvalue weighted by Crippen LogP contribution is 2.40. The first-order chi connectivity index (χ1) is 10.1. The zero-order chi connectivity index (χ0) is 14.8. The second-order valence-electron chi connectivity index (χ2n) is 4.74. The molecule has 2 aromatic rings. The Labute approximate surface area is 119 Å². The SMILES string of the molecule is O=C(NNc1ccccc1[N+](=O)[O-])c1cc(C2CC2)on1. The summed E-state index contributed by atoms with van der Waals surface area (Å²) in [6.45, 7) is 0. The van der Waals surface area contributed by atoms with Gasteiger partial charge in [0.25, 0.3) is 11.6 Å². The zero-order valence-electron chi connectivity index (χ0n) is 10.9. The molecule has 108 valence electrons.